The third kappa shape index (κ3) is 4.98. The van der Waals surface area contributed by atoms with Gasteiger partial charge in [-0.05, 0) is 56.2 Å². The molecule has 3 N–H and O–H groups in total. The van der Waals surface area contributed by atoms with E-state index in [9.17, 15) is 9.18 Å². The van der Waals surface area contributed by atoms with Gasteiger partial charge in [0, 0.05) is 36.0 Å². The third-order valence-corrected chi connectivity index (χ3v) is 6.12. The number of anilines is 1. The maximum Gasteiger partial charge on any atom is 0.255 e. The van der Waals surface area contributed by atoms with Crippen LogP contribution in [0.3, 0.4) is 0 Å². The van der Waals surface area contributed by atoms with E-state index in [1.165, 1.54) is 25.4 Å². The maximum absolute atomic E-state index is 14.3. The molecule has 3 aromatic rings. The molecule has 4 rings (SSSR count). The molecule has 0 bridgehead atoms. The molecule has 1 aliphatic heterocycles. The molecule has 3 heterocycles. The number of nitrogens with one attached hydrogen (secondary N) is 1. The topological polar surface area (TPSA) is 93.4 Å². The fraction of sp³-hybridized carbons (Fsp3) is 0.320. The van der Waals surface area contributed by atoms with Crippen molar-refractivity contribution in [2.24, 2.45) is 5.73 Å². The van der Waals surface area contributed by atoms with Crippen LogP contribution < -0.4 is 20.7 Å². The van der Waals surface area contributed by atoms with E-state index in [4.69, 9.17) is 22.1 Å². The van der Waals surface area contributed by atoms with Crippen molar-refractivity contribution < 1.29 is 13.9 Å². The smallest absolute Gasteiger partial charge is 0.255 e. The molecule has 1 aromatic carbocycles. The number of hydrogen-bond acceptors (Lipinski definition) is 6. The molecular weight excluding hydrogens is 457 g/mol. The van der Waals surface area contributed by atoms with E-state index in [1.807, 2.05) is 36.9 Å². The number of benzene rings is 1. The number of nitrogens with two attached hydrogens (primary N) is 1. The zero-order valence-corrected chi connectivity index (χ0v) is 20.1. The van der Waals surface area contributed by atoms with Crippen LogP contribution >= 0.6 is 11.6 Å². The van der Waals surface area contributed by atoms with Gasteiger partial charge in [-0.3, -0.25) is 9.78 Å². The number of pyridine rings is 2. The lowest BCUT2D eigenvalue weighted by molar-refractivity contribution is 0.0939. The summed E-state index contributed by atoms with van der Waals surface area (Å²) in [5.41, 5.74) is 8.56. The monoisotopic (exact) mass is 483 g/mol. The van der Waals surface area contributed by atoms with Gasteiger partial charge in [0.1, 0.15) is 5.82 Å². The summed E-state index contributed by atoms with van der Waals surface area (Å²) in [6.45, 7) is 4.95. The Labute approximate surface area is 203 Å². The van der Waals surface area contributed by atoms with Gasteiger partial charge in [0.2, 0.25) is 5.88 Å². The average molecular weight is 484 g/mol. The lowest BCUT2D eigenvalue weighted by atomic mass is 9.99. The normalized spacial score (nSPS) is 18.6. The first-order chi connectivity index (χ1) is 16.2. The predicted molar refractivity (Wildman–Crippen MR) is 131 cm³/mol. The van der Waals surface area contributed by atoms with E-state index < -0.39 is 11.4 Å². The Bertz CT molecular complexity index is 1190. The fourth-order valence-electron chi connectivity index (χ4n) is 4.25. The molecule has 0 aliphatic carbocycles. The number of rotatable bonds is 6. The Balaban J connectivity index is 1.85. The fourth-order valence-corrected chi connectivity index (χ4v) is 4.47. The van der Waals surface area contributed by atoms with Crippen LogP contribution in [0.4, 0.5) is 10.1 Å². The van der Waals surface area contributed by atoms with Crippen LogP contribution in [0.2, 0.25) is 5.02 Å². The number of hydrogen-bond donors (Lipinski definition) is 2. The Kier molecular flexibility index (Phi) is 6.72. The summed E-state index contributed by atoms with van der Waals surface area (Å²) in [6.07, 6.45) is 3.88. The summed E-state index contributed by atoms with van der Waals surface area (Å²) >= 11 is 6.17. The first-order valence-electron chi connectivity index (χ1n) is 11.0. The molecule has 9 heteroatoms. The highest BCUT2D eigenvalue weighted by atomic mass is 35.5. The number of carbonyl (C=O) groups is 1. The summed E-state index contributed by atoms with van der Waals surface area (Å²) in [5.74, 6) is -0.575. The molecule has 1 aliphatic rings. The van der Waals surface area contributed by atoms with Gasteiger partial charge in [0.25, 0.3) is 5.91 Å². The Hall–Kier alpha value is -3.23. The predicted octanol–water partition coefficient (Wildman–Crippen LogP) is 4.36. The number of amides is 1. The number of ether oxygens (including phenoxy) is 1. The van der Waals surface area contributed by atoms with Gasteiger partial charge in [-0.15, -0.1) is 0 Å². The van der Waals surface area contributed by atoms with E-state index in [1.54, 1.807) is 12.3 Å². The molecule has 0 radical (unpaired) electrons. The molecular formula is C25H27ClFN5O2. The summed E-state index contributed by atoms with van der Waals surface area (Å²) in [4.78, 5) is 24.2. The minimum absolute atomic E-state index is 0.228. The first-order valence-corrected chi connectivity index (χ1v) is 11.4. The Morgan fingerprint density at radius 1 is 1.32 bits per heavy atom. The summed E-state index contributed by atoms with van der Waals surface area (Å²) in [7, 11) is 1.48. The van der Waals surface area contributed by atoms with E-state index in [-0.39, 0.29) is 22.9 Å². The van der Waals surface area contributed by atoms with E-state index >= 15 is 0 Å². The van der Waals surface area contributed by atoms with Gasteiger partial charge < -0.3 is 20.7 Å². The van der Waals surface area contributed by atoms with Gasteiger partial charge >= 0.3 is 0 Å². The Morgan fingerprint density at radius 3 is 2.74 bits per heavy atom. The first kappa shape index (κ1) is 23.9. The molecule has 0 saturated carbocycles. The van der Waals surface area contributed by atoms with Gasteiger partial charge in [0.05, 0.1) is 35.7 Å². The lowest BCUT2D eigenvalue weighted by Gasteiger charge is -2.27. The molecule has 7 nitrogen and oxygen atoms in total. The Morgan fingerprint density at radius 2 is 2.12 bits per heavy atom. The molecule has 0 spiro atoms. The summed E-state index contributed by atoms with van der Waals surface area (Å²) in [5, 5.41) is 3.22. The molecule has 34 heavy (non-hydrogen) atoms. The summed E-state index contributed by atoms with van der Waals surface area (Å²) in [6, 6.07) is 9.39. The minimum Gasteiger partial charge on any atom is -0.480 e. The van der Waals surface area contributed by atoms with E-state index in [0.29, 0.717) is 35.5 Å². The van der Waals surface area contributed by atoms with Crippen molar-refractivity contribution >= 4 is 23.2 Å². The van der Waals surface area contributed by atoms with E-state index in [0.717, 1.165) is 12.1 Å². The van der Waals surface area contributed by atoms with Crippen LogP contribution in [-0.4, -0.2) is 41.6 Å². The van der Waals surface area contributed by atoms with Crippen molar-refractivity contribution in [3.05, 3.63) is 70.9 Å². The van der Waals surface area contributed by atoms with Crippen molar-refractivity contribution in [2.45, 2.75) is 31.8 Å². The number of carbonyl (C=O) groups excluding carboxylic acids is 1. The van der Waals surface area contributed by atoms with Crippen LogP contribution in [0.25, 0.3) is 11.1 Å². The molecule has 1 saturated heterocycles. The SMILES string of the molecule is COc1ncc(C(=O)N[C@@H](C)c2ccccn2)c(N2CC[C@](C)(N)C2)c1-c1cc(F)cc(Cl)c1. The molecule has 2 atom stereocenters. The van der Waals surface area contributed by atoms with Crippen LogP contribution in [0.1, 0.15) is 42.4 Å². The standard InChI is InChI=1S/C25H27ClFN5O2/c1-15(20-6-4-5-8-29-20)31-23(33)19-13-30-24(34-3)21(16-10-17(26)12-18(27)11-16)22(19)32-9-7-25(2,28)14-32/h4-6,8,10-13,15H,7,9,14,28H2,1-3H3,(H,31,33)/t15-,25-/m0/s1. The van der Waals surface area contributed by atoms with Gasteiger partial charge in [0.15, 0.2) is 0 Å². The maximum atomic E-state index is 14.3. The highest BCUT2D eigenvalue weighted by molar-refractivity contribution is 6.31. The van der Waals surface area contributed by atoms with Crippen molar-refractivity contribution in [2.75, 3.05) is 25.1 Å². The molecule has 178 valence electrons. The molecule has 2 aromatic heterocycles. The molecule has 1 fully saturated rings. The number of nitrogens with zero attached hydrogens (tertiary/aromatic N) is 3. The zero-order valence-electron chi connectivity index (χ0n) is 19.3. The van der Waals surface area contributed by atoms with Gasteiger partial charge in [-0.1, -0.05) is 17.7 Å². The van der Waals surface area contributed by atoms with Crippen LogP contribution in [0.15, 0.2) is 48.8 Å². The molecule has 1 amide bonds. The van der Waals surface area contributed by atoms with Crippen LogP contribution in [0, 0.1) is 5.82 Å². The van der Waals surface area contributed by atoms with Crippen molar-refractivity contribution in [3.8, 4) is 17.0 Å². The minimum atomic E-state index is -0.501. The number of halogens is 2. The van der Waals surface area contributed by atoms with Gasteiger partial charge in [-0.25, -0.2) is 9.37 Å². The van der Waals surface area contributed by atoms with Crippen molar-refractivity contribution in [1.82, 2.24) is 15.3 Å². The number of aromatic nitrogens is 2. The largest absolute Gasteiger partial charge is 0.480 e. The van der Waals surface area contributed by atoms with Crippen LogP contribution in [-0.2, 0) is 0 Å². The second kappa shape index (κ2) is 9.56. The van der Waals surface area contributed by atoms with E-state index in [2.05, 4.69) is 15.3 Å². The molecule has 0 unspecified atom stereocenters. The zero-order chi connectivity index (χ0) is 24.5. The van der Waals surface area contributed by atoms with Crippen molar-refractivity contribution in [3.63, 3.8) is 0 Å². The second-order valence-corrected chi connectivity index (χ2v) is 9.27. The summed E-state index contributed by atoms with van der Waals surface area (Å²) < 4.78 is 19.9. The average Bonchev–Trinajstić information content (AvgIpc) is 3.17. The van der Waals surface area contributed by atoms with Gasteiger partial charge in [-0.2, -0.15) is 0 Å². The van der Waals surface area contributed by atoms with Crippen LogP contribution in [0.5, 0.6) is 5.88 Å². The quantitative estimate of drug-likeness (QED) is 0.541. The lowest BCUT2D eigenvalue weighted by Crippen LogP contribution is -2.40. The van der Waals surface area contributed by atoms with Crippen molar-refractivity contribution in [1.29, 1.82) is 0 Å². The highest BCUT2D eigenvalue weighted by Crippen LogP contribution is 2.43. The highest BCUT2D eigenvalue weighted by Gasteiger charge is 2.35. The third-order valence-electron chi connectivity index (χ3n) is 5.91. The second-order valence-electron chi connectivity index (χ2n) is 8.84. The number of methoxy groups -OCH3 is 1.